The van der Waals surface area contributed by atoms with E-state index in [0.717, 1.165) is 63.8 Å². The van der Waals surface area contributed by atoms with Gasteiger partial charge in [-0.15, -0.1) is 0 Å². The Morgan fingerprint density at radius 2 is 1.77 bits per heavy atom. The zero-order chi connectivity index (χ0) is 25.6. The van der Waals surface area contributed by atoms with Gasteiger partial charge in [-0.3, -0.25) is 4.98 Å². The molecule has 0 aliphatic carbocycles. The number of imidazole rings is 1. The van der Waals surface area contributed by atoms with E-state index in [2.05, 4.69) is 47.0 Å². The van der Waals surface area contributed by atoms with Gasteiger partial charge in [0.15, 0.2) is 11.5 Å². The number of Topliss-reactive ketones (excluding diaryl/α,β-unsaturated/α-hetero) is 1. The smallest absolute Gasteiger partial charge is 0.173 e. The summed E-state index contributed by atoms with van der Waals surface area (Å²) in [5.41, 5.74) is 5.45. The highest BCUT2D eigenvalue weighted by Crippen LogP contribution is 2.24. The van der Waals surface area contributed by atoms with Gasteiger partial charge in [0.1, 0.15) is 5.78 Å². The number of hydrogen-bond acceptors (Lipinski definition) is 5. The van der Waals surface area contributed by atoms with Crippen molar-refractivity contribution in [3.8, 4) is 0 Å². The molecule has 3 aromatic rings. The Hall–Kier alpha value is -2.80. The Kier molecular flexibility index (Phi) is 12.4. The van der Waals surface area contributed by atoms with Gasteiger partial charge in [0.2, 0.25) is 0 Å². The zero-order valence-electron chi connectivity index (χ0n) is 22.1. The fourth-order valence-electron chi connectivity index (χ4n) is 4.17. The highest BCUT2D eigenvalue weighted by molar-refractivity contribution is 5.75. The Bertz CT molecular complexity index is 1040. The summed E-state index contributed by atoms with van der Waals surface area (Å²) in [7, 11) is 0. The summed E-state index contributed by atoms with van der Waals surface area (Å²) in [6, 6.07) is 3.73. The molecule has 7 heteroatoms. The van der Waals surface area contributed by atoms with Gasteiger partial charge in [-0.05, 0) is 56.4 Å². The molecule has 35 heavy (non-hydrogen) atoms. The van der Waals surface area contributed by atoms with Crippen LogP contribution in [0.15, 0.2) is 36.9 Å². The molecular formula is C28H42FN5O. The molecule has 1 N–H and O–H groups in total. The number of anilines is 1. The number of ketones is 1. The summed E-state index contributed by atoms with van der Waals surface area (Å²) in [6.07, 6.45) is 13.2. The third-order valence-electron chi connectivity index (χ3n) is 5.84. The van der Waals surface area contributed by atoms with Crippen LogP contribution >= 0.6 is 0 Å². The van der Waals surface area contributed by atoms with Crippen LogP contribution in [0.2, 0.25) is 0 Å². The van der Waals surface area contributed by atoms with Crippen molar-refractivity contribution in [2.45, 2.75) is 73.1 Å². The lowest BCUT2D eigenvalue weighted by Gasteiger charge is -2.31. The van der Waals surface area contributed by atoms with E-state index in [1.54, 1.807) is 29.8 Å². The van der Waals surface area contributed by atoms with Gasteiger partial charge in [-0.1, -0.05) is 33.6 Å². The summed E-state index contributed by atoms with van der Waals surface area (Å²) in [6.45, 7) is 14.5. The van der Waals surface area contributed by atoms with E-state index in [4.69, 9.17) is 0 Å². The van der Waals surface area contributed by atoms with Crippen molar-refractivity contribution in [2.24, 2.45) is 0 Å². The van der Waals surface area contributed by atoms with Gasteiger partial charge in [0.25, 0.3) is 0 Å². The van der Waals surface area contributed by atoms with E-state index in [1.165, 1.54) is 23.4 Å². The fraction of sp³-hybridized carbons (Fsp3) is 0.536. The predicted octanol–water partition coefficient (Wildman–Crippen LogP) is 5.55. The first kappa shape index (κ1) is 28.4. The van der Waals surface area contributed by atoms with Crippen LogP contribution in [0.3, 0.4) is 0 Å². The molecule has 6 nitrogen and oxygen atoms in total. The first-order chi connectivity index (χ1) is 16.9. The van der Waals surface area contributed by atoms with Crippen molar-refractivity contribution in [1.29, 1.82) is 0 Å². The van der Waals surface area contributed by atoms with Gasteiger partial charge < -0.3 is 19.4 Å². The van der Waals surface area contributed by atoms with Gasteiger partial charge in [0, 0.05) is 68.8 Å². The van der Waals surface area contributed by atoms with Crippen molar-refractivity contribution in [3.63, 3.8) is 0 Å². The van der Waals surface area contributed by atoms with Gasteiger partial charge >= 0.3 is 0 Å². The molecule has 4 heterocycles. The van der Waals surface area contributed by atoms with Gasteiger partial charge in [0.05, 0.1) is 0 Å². The molecule has 3 aromatic heterocycles. The summed E-state index contributed by atoms with van der Waals surface area (Å²) >= 11 is 0. The quantitative estimate of drug-likeness (QED) is 0.477. The SMILES string of the molecule is CCCC(C)=O.CCCc1c(N2CCNCC2)ccnc1C.CCCc1cc(F)c2nccn2c1. The number of piperazine rings is 1. The van der Waals surface area contributed by atoms with E-state index in [1.807, 2.05) is 19.3 Å². The highest BCUT2D eigenvalue weighted by atomic mass is 19.1. The van der Waals surface area contributed by atoms with E-state index < -0.39 is 0 Å². The second kappa shape index (κ2) is 15.2. The number of fused-ring (bicyclic) bond motifs is 1. The third kappa shape index (κ3) is 9.06. The molecule has 1 fully saturated rings. The van der Waals surface area contributed by atoms with Crippen molar-refractivity contribution in [3.05, 3.63) is 59.6 Å². The van der Waals surface area contributed by atoms with Gasteiger partial charge in [-0.25, -0.2) is 9.37 Å². The van der Waals surface area contributed by atoms with Gasteiger partial charge in [-0.2, -0.15) is 0 Å². The number of aromatic nitrogens is 3. The van der Waals surface area contributed by atoms with Crippen LogP contribution < -0.4 is 10.2 Å². The molecule has 0 unspecified atom stereocenters. The monoisotopic (exact) mass is 483 g/mol. The lowest BCUT2D eigenvalue weighted by atomic mass is 10.1. The normalized spacial score (nSPS) is 13.0. The molecule has 1 aliphatic heterocycles. The molecule has 1 aliphatic rings. The van der Waals surface area contributed by atoms with E-state index in [-0.39, 0.29) is 11.6 Å². The second-order valence-corrected chi connectivity index (χ2v) is 8.94. The number of halogens is 1. The molecule has 0 spiro atoms. The number of aryl methyl sites for hydroxylation is 2. The minimum Gasteiger partial charge on any atom is -0.369 e. The summed E-state index contributed by atoms with van der Waals surface area (Å²) in [5.74, 6) is 0.0495. The lowest BCUT2D eigenvalue weighted by Crippen LogP contribution is -2.44. The van der Waals surface area contributed by atoms with Crippen LogP contribution in [0.5, 0.6) is 0 Å². The van der Waals surface area contributed by atoms with Crippen molar-refractivity contribution in [2.75, 3.05) is 31.1 Å². The van der Waals surface area contributed by atoms with Crippen LogP contribution in [0.1, 0.15) is 70.2 Å². The van der Waals surface area contributed by atoms with E-state index in [0.29, 0.717) is 5.65 Å². The average Bonchev–Trinajstić information content (AvgIpc) is 3.31. The zero-order valence-corrected chi connectivity index (χ0v) is 22.1. The molecule has 0 saturated carbocycles. The molecule has 0 aromatic carbocycles. The molecule has 0 bridgehead atoms. The third-order valence-corrected chi connectivity index (χ3v) is 5.84. The van der Waals surface area contributed by atoms with Crippen LogP contribution in [0, 0.1) is 12.7 Å². The highest BCUT2D eigenvalue weighted by Gasteiger charge is 2.15. The Labute approximate surface area is 210 Å². The van der Waals surface area contributed by atoms with Crippen LogP contribution in [0.4, 0.5) is 10.1 Å². The summed E-state index contributed by atoms with van der Waals surface area (Å²) in [4.78, 5) is 20.8. The Balaban J connectivity index is 0.000000204. The van der Waals surface area contributed by atoms with Crippen LogP contribution in [0.25, 0.3) is 5.65 Å². The standard InChI is InChI=1S/C13H21N3.C10H11FN2.C5H10O/c1-3-4-12-11(2)15-6-5-13(12)16-9-7-14-8-10-16;1-2-3-8-6-9(11)10-12-4-5-13(10)7-8;1-3-4-5(2)6/h5-6,14H,3-4,7-10H2,1-2H3;4-7H,2-3H2,1H3;3-4H2,1-2H3. The first-order valence-corrected chi connectivity index (χ1v) is 12.9. The van der Waals surface area contributed by atoms with Crippen molar-refractivity contribution >= 4 is 17.1 Å². The van der Waals surface area contributed by atoms with Crippen molar-refractivity contribution < 1.29 is 9.18 Å². The molecule has 0 amide bonds. The van der Waals surface area contributed by atoms with Crippen LogP contribution in [-0.4, -0.2) is 46.3 Å². The number of nitrogens with zero attached hydrogens (tertiary/aromatic N) is 4. The number of carbonyl (C=O) groups is 1. The minimum absolute atomic E-state index is 0.240. The first-order valence-electron chi connectivity index (χ1n) is 12.9. The maximum Gasteiger partial charge on any atom is 0.173 e. The van der Waals surface area contributed by atoms with Crippen LogP contribution in [-0.2, 0) is 17.6 Å². The number of carbonyl (C=O) groups excluding carboxylic acids is 1. The maximum atomic E-state index is 13.3. The number of pyridine rings is 2. The predicted molar refractivity (Wildman–Crippen MR) is 143 cm³/mol. The second-order valence-electron chi connectivity index (χ2n) is 8.94. The van der Waals surface area contributed by atoms with E-state index in [9.17, 15) is 9.18 Å². The maximum absolute atomic E-state index is 13.3. The molecule has 1 saturated heterocycles. The Morgan fingerprint density at radius 1 is 1.06 bits per heavy atom. The fourth-order valence-corrected chi connectivity index (χ4v) is 4.17. The largest absolute Gasteiger partial charge is 0.369 e. The minimum atomic E-state index is -0.240. The average molecular weight is 484 g/mol. The van der Waals surface area contributed by atoms with E-state index >= 15 is 0 Å². The number of hydrogen-bond donors (Lipinski definition) is 1. The summed E-state index contributed by atoms with van der Waals surface area (Å²) in [5, 5.41) is 3.39. The molecule has 4 rings (SSSR count). The topological polar surface area (TPSA) is 62.5 Å². The number of rotatable bonds is 7. The molecular weight excluding hydrogens is 441 g/mol. The molecule has 0 atom stereocenters. The Morgan fingerprint density at radius 3 is 2.37 bits per heavy atom. The lowest BCUT2D eigenvalue weighted by molar-refractivity contribution is -0.117. The molecule has 0 radical (unpaired) electrons. The number of nitrogens with one attached hydrogen (secondary N) is 1. The molecule has 192 valence electrons. The van der Waals surface area contributed by atoms with Crippen molar-refractivity contribution in [1.82, 2.24) is 19.7 Å². The summed E-state index contributed by atoms with van der Waals surface area (Å²) < 4.78 is 15.0.